The molecule has 100 valence electrons. The lowest BCUT2D eigenvalue weighted by atomic mass is 9.81. The molecule has 4 heteroatoms. The van der Waals surface area contributed by atoms with Crippen LogP contribution >= 0.6 is 0 Å². The van der Waals surface area contributed by atoms with Crippen molar-refractivity contribution in [2.75, 3.05) is 0 Å². The highest BCUT2D eigenvalue weighted by Crippen LogP contribution is 2.27. The number of nitrogens with zero attached hydrogens (tertiary/aromatic N) is 1. The summed E-state index contributed by atoms with van der Waals surface area (Å²) in [4.78, 5) is 15.8. The molecule has 1 rings (SSSR count). The second kappa shape index (κ2) is 4.96. The molecule has 0 saturated heterocycles. The molecule has 0 aromatic carbocycles. The van der Waals surface area contributed by atoms with Gasteiger partial charge in [-0.2, -0.15) is 0 Å². The van der Waals surface area contributed by atoms with Crippen LogP contribution in [0.1, 0.15) is 51.4 Å². The van der Waals surface area contributed by atoms with Gasteiger partial charge in [-0.25, -0.2) is 0 Å². The second-order valence-corrected chi connectivity index (χ2v) is 6.47. The van der Waals surface area contributed by atoms with Gasteiger partial charge in [0, 0.05) is 11.7 Å². The predicted octanol–water partition coefficient (Wildman–Crippen LogP) is 2.73. The van der Waals surface area contributed by atoms with Gasteiger partial charge in [0.2, 0.25) is 0 Å². The van der Waals surface area contributed by atoms with E-state index in [2.05, 4.69) is 31.1 Å². The Kier molecular flexibility index (Phi) is 3.99. The van der Waals surface area contributed by atoms with Crippen LogP contribution in [-0.2, 0) is 0 Å². The summed E-state index contributed by atoms with van der Waals surface area (Å²) in [6.07, 6.45) is 3.61. The molecule has 4 nitrogen and oxygen atoms in total. The Bertz CT molecular complexity index is 434. The highest BCUT2D eigenvalue weighted by molar-refractivity contribution is 5.96. The van der Waals surface area contributed by atoms with E-state index in [-0.39, 0.29) is 28.2 Å². The van der Waals surface area contributed by atoms with Crippen molar-refractivity contribution in [2.24, 2.45) is 5.41 Å². The highest BCUT2D eigenvalue weighted by atomic mass is 16.3. The molecule has 0 fully saturated rings. The summed E-state index contributed by atoms with van der Waals surface area (Å²) in [5, 5.41) is 12.5. The standard InChI is InChI=1S/C14H22N2O2/c1-13(2,3)9-14(4,5)16-12(18)10-6-7-15-8-11(10)17/h6-8,17H,9H2,1-5H3,(H,16,18). The highest BCUT2D eigenvalue weighted by Gasteiger charge is 2.27. The van der Waals surface area contributed by atoms with Gasteiger partial charge in [0.05, 0.1) is 11.8 Å². The molecule has 0 radical (unpaired) electrons. The number of amides is 1. The minimum absolute atomic E-state index is 0.0958. The maximum Gasteiger partial charge on any atom is 0.255 e. The minimum atomic E-state index is -0.328. The molecule has 1 amide bonds. The van der Waals surface area contributed by atoms with Gasteiger partial charge >= 0.3 is 0 Å². The van der Waals surface area contributed by atoms with Gasteiger partial charge in [0.15, 0.2) is 0 Å². The molecule has 0 spiro atoms. The number of carbonyl (C=O) groups excluding carboxylic acids is 1. The first-order valence-electron chi connectivity index (χ1n) is 6.06. The van der Waals surface area contributed by atoms with Gasteiger partial charge in [0.1, 0.15) is 5.75 Å². The van der Waals surface area contributed by atoms with E-state index in [1.165, 1.54) is 18.5 Å². The fraction of sp³-hybridized carbons (Fsp3) is 0.571. The van der Waals surface area contributed by atoms with Crippen LogP contribution in [0.5, 0.6) is 5.75 Å². The van der Waals surface area contributed by atoms with Crippen molar-refractivity contribution in [3.8, 4) is 5.75 Å². The summed E-state index contributed by atoms with van der Waals surface area (Å²) in [5.41, 5.74) is 0.0502. The van der Waals surface area contributed by atoms with Gasteiger partial charge in [0.25, 0.3) is 5.91 Å². The molecular weight excluding hydrogens is 228 g/mol. The van der Waals surface area contributed by atoms with Crippen LogP contribution in [0.4, 0.5) is 0 Å². The summed E-state index contributed by atoms with van der Waals surface area (Å²) in [5.74, 6) is -0.370. The Morgan fingerprint density at radius 2 is 1.94 bits per heavy atom. The monoisotopic (exact) mass is 250 g/mol. The molecule has 1 aromatic rings. The average Bonchev–Trinajstić information content (AvgIpc) is 2.12. The molecule has 0 saturated carbocycles. The van der Waals surface area contributed by atoms with E-state index in [1.807, 2.05) is 13.8 Å². The number of hydrogen-bond donors (Lipinski definition) is 2. The first kappa shape index (κ1) is 14.5. The number of aromatic nitrogens is 1. The molecule has 1 aromatic heterocycles. The van der Waals surface area contributed by atoms with E-state index in [9.17, 15) is 9.90 Å². The van der Waals surface area contributed by atoms with Crippen LogP contribution in [0.25, 0.3) is 0 Å². The minimum Gasteiger partial charge on any atom is -0.505 e. The molecule has 0 atom stereocenters. The molecule has 0 bridgehead atoms. The van der Waals surface area contributed by atoms with E-state index >= 15 is 0 Å². The number of nitrogens with one attached hydrogen (secondary N) is 1. The molecule has 0 aliphatic rings. The summed E-state index contributed by atoms with van der Waals surface area (Å²) >= 11 is 0. The first-order chi connectivity index (χ1) is 8.11. The smallest absolute Gasteiger partial charge is 0.255 e. The zero-order chi connectivity index (χ0) is 14.0. The van der Waals surface area contributed by atoms with Crippen LogP contribution < -0.4 is 5.32 Å². The zero-order valence-electron chi connectivity index (χ0n) is 11.7. The van der Waals surface area contributed by atoms with Crippen LogP contribution in [0, 0.1) is 5.41 Å². The van der Waals surface area contributed by atoms with Gasteiger partial charge in [-0.3, -0.25) is 9.78 Å². The fourth-order valence-electron chi connectivity index (χ4n) is 2.32. The second-order valence-electron chi connectivity index (χ2n) is 6.47. The van der Waals surface area contributed by atoms with Crippen LogP contribution in [-0.4, -0.2) is 21.5 Å². The Balaban J connectivity index is 2.79. The number of hydrogen-bond acceptors (Lipinski definition) is 3. The van der Waals surface area contributed by atoms with Crippen molar-refractivity contribution in [3.05, 3.63) is 24.0 Å². The van der Waals surface area contributed by atoms with Gasteiger partial charge in [-0.05, 0) is 31.7 Å². The third-order valence-corrected chi connectivity index (χ3v) is 2.47. The van der Waals surface area contributed by atoms with E-state index in [0.717, 1.165) is 6.42 Å². The zero-order valence-corrected chi connectivity index (χ0v) is 11.7. The van der Waals surface area contributed by atoms with Crippen LogP contribution in [0.15, 0.2) is 18.5 Å². The topological polar surface area (TPSA) is 62.2 Å². The number of aromatic hydroxyl groups is 1. The fourth-order valence-corrected chi connectivity index (χ4v) is 2.32. The third kappa shape index (κ3) is 4.35. The predicted molar refractivity (Wildman–Crippen MR) is 71.5 cm³/mol. The van der Waals surface area contributed by atoms with Gasteiger partial charge in [-0.15, -0.1) is 0 Å². The summed E-state index contributed by atoms with van der Waals surface area (Å²) in [6.45, 7) is 10.4. The molecule has 0 unspecified atom stereocenters. The van der Waals surface area contributed by atoms with Crippen molar-refractivity contribution in [3.63, 3.8) is 0 Å². The lowest BCUT2D eigenvalue weighted by molar-refractivity contribution is 0.0888. The first-order valence-corrected chi connectivity index (χ1v) is 6.06. The molecule has 0 aliphatic carbocycles. The maximum atomic E-state index is 12.1. The summed E-state index contributed by atoms with van der Waals surface area (Å²) < 4.78 is 0. The number of carbonyl (C=O) groups is 1. The van der Waals surface area contributed by atoms with E-state index in [4.69, 9.17) is 0 Å². The van der Waals surface area contributed by atoms with E-state index in [0.29, 0.717) is 0 Å². The molecule has 0 aliphatic heterocycles. The van der Waals surface area contributed by atoms with Crippen molar-refractivity contribution < 1.29 is 9.90 Å². The Hall–Kier alpha value is -1.58. The SMILES string of the molecule is CC(C)(C)CC(C)(C)NC(=O)c1ccncc1O. The lowest BCUT2D eigenvalue weighted by Crippen LogP contribution is -2.45. The van der Waals surface area contributed by atoms with Crippen LogP contribution in [0.3, 0.4) is 0 Å². The quantitative estimate of drug-likeness (QED) is 0.867. The van der Waals surface area contributed by atoms with Crippen LogP contribution in [0.2, 0.25) is 0 Å². The van der Waals surface area contributed by atoms with E-state index in [1.54, 1.807) is 0 Å². The van der Waals surface area contributed by atoms with Crippen molar-refractivity contribution >= 4 is 5.91 Å². The van der Waals surface area contributed by atoms with Gasteiger partial charge in [-0.1, -0.05) is 20.8 Å². The maximum absolute atomic E-state index is 12.1. The van der Waals surface area contributed by atoms with Crippen molar-refractivity contribution in [1.29, 1.82) is 0 Å². The summed E-state index contributed by atoms with van der Waals surface area (Å²) in [6, 6.07) is 1.51. The Morgan fingerprint density at radius 3 is 2.44 bits per heavy atom. The Labute approximate surface area is 108 Å². The molecule has 1 heterocycles. The molecule has 2 N–H and O–H groups in total. The van der Waals surface area contributed by atoms with E-state index < -0.39 is 0 Å². The number of rotatable bonds is 3. The lowest BCUT2D eigenvalue weighted by Gasteiger charge is -2.33. The third-order valence-electron chi connectivity index (χ3n) is 2.47. The molecular formula is C14H22N2O2. The number of pyridine rings is 1. The van der Waals surface area contributed by atoms with Crippen molar-refractivity contribution in [2.45, 2.75) is 46.6 Å². The average molecular weight is 250 g/mol. The van der Waals surface area contributed by atoms with Crippen molar-refractivity contribution in [1.82, 2.24) is 10.3 Å². The Morgan fingerprint density at radius 1 is 1.33 bits per heavy atom. The summed E-state index contributed by atoms with van der Waals surface area (Å²) in [7, 11) is 0. The van der Waals surface area contributed by atoms with Gasteiger partial charge < -0.3 is 10.4 Å². The normalized spacial score (nSPS) is 12.3. The largest absolute Gasteiger partial charge is 0.505 e. The molecule has 18 heavy (non-hydrogen) atoms.